The average molecular weight is 426 g/mol. The van der Waals surface area contributed by atoms with E-state index in [1.54, 1.807) is 6.08 Å². The van der Waals surface area contributed by atoms with E-state index in [0.29, 0.717) is 21.9 Å². The monoisotopic (exact) mass is 425 g/mol. The molecule has 0 aromatic heterocycles. The number of rotatable bonds is 5. The minimum Gasteiger partial charge on any atom is -0.282 e. The van der Waals surface area contributed by atoms with E-state index in [1.165, 1.54) is 52.8 Å². The van der Waals surface area contributed by atoms with Crippen molar-refractivity contribution in [3.8, 4) is 0 Å². The predicted octanol–water partition coefficient (Wildman–Crippen LogP) is 4.43. The predicted molar refractivity (Wildman–Crippen MR) is 106 cm³/mol. The summed E-state index contributed by atoms with van der Waals surface area (Å²) in [6.45, 7) is 1.92. The molecule has 0 radical (unpaired) electrons. The summed E-state index contributed by atoms with van der Waals surface area (Å²) in [5.41, 5.74) is 0.939. The molecule has 0 saturated carbocycles. The first kappa shape index (κ1) is 20.1. The van der Waals surface area contributed by atoms with Crippen molar-refractivity contribution in [2.75, 3.05) is 12.3 Å². The van der Waals surface area contributed by atoms with E-state index in [4.69, 9.17) is 11.6 Å². The first-order valence-electron chi connectivity index (χ1n) is 8.24. The van der Waals surface area contributed by atoms with E-state index in [1.807, 2.05) is 6.92 Å². The topological polar surface area (TPSA) is 54.5 Å². The summed E-state index contributed by atoms with van der Waals surface area (Å²) in [6.07, 6.45) is 1.63. The minimum absolute atomic E-state index is 0.0678. The van der Waals surface area contributed by atoms with Gasteiger partial charge in [0.05, 0.1) is 10.9 Å². The SMILES string of the molecule is CCSC(=O)C1=CCN(S(=O)(=O)c2ccc(Cl)cc2)[C@@H]1c1ccc(F)cc1. The lowest BCUT2D eigenvalue weighted by atomic mass is 10.0. The summed E-state index contributed by atoms with van der Waals surface area (Å²) in [4.78, 5) is 12.6. The smallest absolute Gasteiger partial charge is 0.244 e. The Morgan fingerprint density at radius 3 is 2.41 bits per heavy atom. The van der Waals surface area contributed by atoms with Gasteiger partial charge >= 0.3 is 0 Å². The van der Waals surface area contributed by atoms with Gasteiger partial charge in [-0.2, -0.15) is 4.31 Å². The van der Waals surface area contributed by atoms with Crippen LogP contribution in [0.1, 0.15) is 18.5 Å². The molecule has 1 aliphatic heterocycles. The highest BCUT2D eigenvalue weighted by Gasteiger charge is 2.40. The van der Waals surface area contributed by atoms with Crippen molar-refractivity contribution < 1.29 is 17.6 Å². The summed E-state index contributed by atoms with van der Waals surface area (Å²) in [7, 11) is -3.88. The van der Waals surface area contributed by atoms with Crippen LogP contribution in [0.25, 0.3) is 0 Å². The van der Waals surface area contributed by atoms with Crippen LogP contribution in [-0.2, 0) is 14.8 Å². The fourth-order valence-corrected chi connectivity index (χ4v) is 5.22. The third-order valence-electron chi connectivity index (χ3n) is 4.19. The summed E-state index contributed by atoms with van der Waals surface area (Å²) >= 11 is 6.98. The minimum atomic E-state index is -3.88. The van der Waals surface area contributed by atoms with Gasteiger partial charge in [-0.3, -0.25) is 4.79 Å². The molecule has 2 aromatic rings. The second-order valence-corrected chi connectivity index (χ2v) is 9.43. The first-order valence-corrected chi connectivity index (χ1v) is 11.0. The second kappa shape index (κ2) is 8.14. The highest BCUT2D eigenvalue weighted by Crippen LogP contribution is 2.39. The number of thioether (sulfide) groups is 1. The zero-order chi connectivity index (χ0) is 19.6. The third kappa shape index (κ3) is 4.11. The van der Waals surface area contributed by atoms with Gasteiger partial charge in [0.1, 0.15) is 5.82 Å². The molecule has 0 spiro atoms. The number of hydrogen-bond acceptors (Lipinski definition) is 4. The van der Waals surface area contributed by atoms with Gasteiger partial charge in [-0.1, -0.05) is 48.5 Å². The van der Waals surface area contributed by atoms with Crippen LogP contribution in [0.5, 0.6) is 0 Å². The lowest BCUT2D eigenvalue weighted by Gasteiger charge is -2.26. The van der Waals surface area contributed by atoms with Gasteiger partial charge in [-0.05, 0) is 47.7 Å². The van der Waals surface area contributed by atoms with Crippen LogP contribution >= 0.6 is 23.4 Å². The Morgan fingerprint density at radius 1 is 1.19 bits per heavy atom. The van der Waals surface area contributed by atoms with Gasteiger partial charge in [0.25, 0.3) is 0 Å². The van der Waals surface area contributed by atoms with Crippen LogP contribution in [0, 0.1) is 5.82 Å². The molecule has 27 heavy (non-hydrogen) atoms. The number of nitrogens with zero attached hydrogens (tertiary/aromatic N) is 1. The maximum absolute atomic E-state index is 13.4. The largest absolute Gasteiger partial charge is 0.282 e. The maximum atomic E-state index is 13.4. The molecule has 0 saturated heterocycles. The van der Waals surface area contributed by atoms with Crippen molar-refractivity contribution in [3.63, 3.8) is 0 Å². The second-order valence-electron chi connectivity index (χ2n) is 5.86. The van der Waals surface area contributed by atoms with Crippen LogP contribution in [0.3, 0.4) is 0 Å². The van der Waals surface area contributed by atoms with Gasteiger partial charge in [0, 0.05) is 17.1 Å². The molecule has 3 rings (SSSR count). The van der Waals surface area contributed by atoms with E-state index >= 15 is 0 Å². The number of carbonyl (C=O) groups excluding carboxylic acids is 1. The fraction of sp³-hybridized carbons (Fsp3) is 0.211. The highest BCUT2D eigenvalue weighted by atomic mass is 35.5. The molecule has 8 heteroatoms. The van der Waals surface area contributed by atoms with Crippen molar-refractivity contribution in [2.45, 2.75) is 17.9 Å². The molecule has 142 valence electrons. The average Bonchev–Trinajstić information content (AvgIpc) is 3.09. The quantitative estimate of drug-likeness (QED) is 0.711. The maximum Gasteiger partial charge on any atom is 0.244 e. The summed E-state index contributed by atoms with van der Waals surface area (Å²) in [5.74, 6) is 0.152. The van der Waals surface area contributed by atoms with Gasteiger partial charge in [0.15, 0.2) is 0 Å². The number of carbonyl (C=O) groups is 1. The van der Waals surface area contributed by atoms with E-state index in [0.717, 1.165) is 11.8 Å². The van der Waals surface area contributed by atoms with Crippen molar-refractivity contribution in [2.24, 2.45) is 0 Å². The number of halogens is 2. The van der Waals surface area contributed by atoms with Crippen molar-refractivity contribution in [3.05, 3.63) is 76.6 Å². The normalized spacial score (nSPS) is 17.7. The van der Waals surface area contributed by atoms with Crippen LogP contribution in [0.15, 0.2) is 65.1 Å². The third-order valence-corrected chi connectivity index (χ3v) is 7.07. The zero-order valence-electron chi connectivity index (χ0n) is 14.4. The van der Waals surface area contributed by atoms with Crippen LogP contribution in [0.4, 0.5) is 4.39 Å². The molecule has 4 nitrogen and oxygen atoms in total. The van der Waals surface area contributed by atoms with E-state index < -0.39 is 21.9 Å². The Labute approximate surface area is 167 Å². The Morgan fingerprint density at radius 2 is 1.81 bits per heavy atom. The molecule has 0 unspecified atom stereocenters. The van der Waals surface area contributed by atoms with Gasteiger partial charge < -0.3 is 0 Å². The zero-order valence-corrected chi connectivity index (χ0v) is 16.8. The Kier molecular flexibility index (Phi) is 6.05. The van der Waals surface area contributed by atoms with Crippen molar-refractivity contribution in [1.82, 2.24) is 4.31 Å². The molecule has 1 heterocycles. The van der Waals surface area contributed by atoms with Crippen LogP contribution in [-0.4, -0.2) is 30.1 Å². The number of hydrogen-bond donors (Lipinski definition) is 0. The van der Waals surface area contributed by atoms with Gasteiger partial charge in [-0.25, -0.2) is 12.8 Å². The Bertz CT molecular complexity index is 973. The summed E-state index contributed by atoms with van der Waals surface area (Å²) < 4.78 is 41.0. The number of sulfonamides is 1. The fourth-order valence-electron chi connectivity index (χ4n) is 2.94. The molecule has 0 N–H and O–H groups in total. The molecule has 0 fully saturated rings. The molecule has 0 aliphatic carbocycles. The summed E-state index contributed by atoms with van der Waals surface area (Å²) in [6, 6.07) is 10.6. The van der Waals surface area contributed by atoms with Crippen LogP contribution < -0.4 is 0 Å². The van der Waals surface area contributed by atoms with E-state index in [2.05, 4.69) is 0 Å². The first-order chi connectivity index (χ1) is 12.8. The van der Waals surface area contributed by atoms with Gasteiger partial charge in [-0.15, -0.1) is 0 Å². The molecule has 2 aromatic carbocycles. The molecule has 0 amide bonds. The molecule has 1 atom stereocenters. The lowest BCUT2D eigenvalue weighted by Crippen LogP contribution is -2.33. The van der Waals surface area contributed by atoms with Crippen molar-refractivity contribution in [1.29, 1.82) is 0 Å². The van der Waals surface area contributed by atoms with Gasteiger partial charge in [0.2, 0.25) is 15.1 Å². The molecular weight excluding hydrogens is 409 g/mol. The number of benzene rings is 2. The van der Waals surface area contributed by atoms with Crippen LogP contribution in [0.2, 0.25) is 5.02 Å². The standard InChI is InChI=1S/C19H17ClFNO3S2/c1-2-26-19(23)17-11-12-22(18(17)13-3-7-15(21)8-4-13)27(24,25)16-9-5-14(20)6-10-16/h3-11,18H,2,12H2,1H3/t18-/m1/s1. The highest BCUT2D eigenvalue weighted by molar-refractivity contribution is 8.14. The molecule has 0 bridgehead atoms. The van der Waals surface area contributed by atoms with E-state index in [-0.39, 0.29) is 16.6 Å². The van der Waals surface area contributed by atoms with Crippen molar-refractivity contribution >= 4 is 38.5 Å². The molecule has 1 aliphatic rings. The van der Waals surface area contributed by atoms with E-state index in [9.17, 15) is 17.6 Å². The lowest BCUT2D eigenvalue weighted by molar-refractivity contribution is -0.108. The molecular formula is C19H17ClFNO3S2. The summed E-state index contributed by atoms with van der Waals surface area (Å²) in [5, 5.41) is 0.249. The Balaban J connectivity index is 2.05. The Hall–Kier alpha value is -1.67.